The maximum atomic E-state index is 12.0. The lowest BCUT2D eigenvalue weighted by Crippen LogP contribution is -2.45. The number of aryl methyl sites for hydroxylation is 1. The molecule has 2 rings (SSSR count). The maximum Gasteiger partial charge on any atom is 0.214 e. The first-order chi connectivity index (χ1) is 9.53. The van der Waals surface area contributed by atoms with Crippen LogP contribution in [0, 0.1) is 0 Å². The molecule has 1 fully saturated rings. The molecule has 1 aliphatic rings. The molecule has 1 N–H and O–H groups in total. The molecule has 1 aromatic heterocycles. The van der Waals surface area contributed by atoms with Crippen LogP contribution < -0.4 is 5.32 Å². The predicted octanol–water partition coefficient (Wildman–Crippen LogP) is 0.714. The standard InChI is InChI=1S/C13H24N4O2S/c1-3-10-20(18,19)17-8-5-12(6-9-17)14-11-13-4-7-15-16(13)2/h4,7,12,14H,3,5-6,8-11H2,1-2H3. The van der Waals surface area contributed by atoms with E-state index in [-0.39, 0.29) is 5.75 Å². The number of aromatic nitrogens is 2. The fourth-order valence-electron chi connectivity index (χ4n) is 2.55. The molecule has 20 heavy (non-hydrogen) atoms. The van der Waals surface area contributed by atoms with Crippen LogP contribution in [0.2, 0.25) is 0 Å². The fraction of sp³-hybridized carbons (Fsp3) is 0.769. The summed E-state index contributed by atoms with van der Waals surface area (Å²) >= 11 is 0. The lowest BCUT2D eigenvalue weighted by molar-refractivity contribution is 0.287. The second kappa shape index (κ2) is 6.69. The van der Waals surface area contributed by atoms with Gasteiger partial charge in [-0.25, -0.2) is 12.7 Å². The minimum atomic E-state index is -3.03. The van der Waals surface area contributed by atoms with Crippen LogP contribution in [0.25, 0.3) is 0 Å². The molecule has 7 heteroatoms. The smallest absolute Gasteiger partial charge is 0.214 e. The number of piperidine rings is 1. The van der Waals surface area contributed by atoms with Gasteiger partial charge in [-0.15, -0.1) is 0 Å². The van der Waals surface area contributed by atoms with Crippen LogP contribution in [0.15, 0.2) is 12.3 Å². The van der Waals surface area contributed by atoms with E-state index in [1.54, 1.807) is 10.5 Å². The van der Waals surface area contributed by atoms with Crippen LogP contribution in [0.5, 0.6) is 0 Å². The zero-order chi connectivity index (χ0) is 14.6. The van der Waals surface area contributed by atoms with Gasteiger partial charge in [0, 0.05) is 38.9 Å². The number of hydrogen-bond acceptors (Lipinski definition) is 4. The molecule has 0 aliphatic carbocycles. The van der Waals surface area contributed by atoms with E-state index in [1.165, 1.54) is 0 Å². The van der Waals surface area contributed by atoms with Crippen LogP contribution in [0.4, 0.5) is 0 Å². The quantitative estimate of drug-likeness (QED) is 0.840. The SMILES string of the molecule is CCCS(=O)(=O)N1CCC(NCc2ccnn2C)CC1. The summed E-state index contributed by atoms with van der Waals surface area (Å²) in [5.41, 5.74) is 1.14. The number of nitrogens with one attached hydrogen (secondary N) is 1. The van der Waals surface area contributed by atoms with Gasteiger partial charge in [0.15, 0.2) is 0 Å². The van der Waals surface area contributed by atoms with Gasteiger partial charge < -0.3 is 5.32 Å². The summed E-state index contributed by atoms with van der Waals surface area (Å²) in [4.78, 5) is 0. The molecule has 0 aromatic carbocycles. The van der Waals surface area contributed by atoms with E-state index in [0.29, 0.717) is 25.6 Å². The second-order valence-electron chi connectivity index (χ2n) is 5.32. The first-order valence-electron chi connectivity index (χ1n) is 7.21. The predicted molar refractivity (Wildman–Crippen MR) is 78.7 cm³/mol. The Hall–Kier alpha value is -0.920. The molecular weight excluding hydrogens is 276 g/mol. The lowest BCUT2D eigenvalue weighted by atomic mass is 10.1. The topological polar surface area (TPSA) is 67.2 Å². The minimum absolute atomic E-state index is 0.264. The largest absolute Gasteiger partial charge is 0.308 e. The zero-order valence-electron chi connectivity index (χ0n) is 12.2. The molecule has 2 heterocycles. The molecule has 0 bridgehead atoms. The Morgan fingerprint density at radius 1 is 1.40 bits per heavy atom. The summed E-state index contributed by atoms with van der Waals surface area (Å²) in [6.07, 6.45) is 4.22. The van der Waals surface area contributed by atoms with Crippen LogP contribution in [0.1, 0.15) is 31.9 Å². The molecule has 1 saturated heterocycles. The highest BCUT2D eigenvalue weighted by atomic mass is 32.2. The molecule has 1 aliphatic heterocycles. The van der Waals surface area contributed by atoms with Crippen molar-refractivity contribution in [1.29, 1.82) is 0 Å². The second-order valence-corrected chi connectivity index (χ2v) is 7.40. The summed E-state index contributed by atoms with van der Waals surface area (Å²) < 4.78 is 27.4. The minimum Gasteiger partial charge on any atom is -0.308 e. The first kappa shape index (κ1) is 15.5. The van der Waals surface area contributed by atoms with Crippen LogP contribution in [0.3, 0.4) is 0 Å². The Morgan fingerprint density at radius 3 is 2.65 bits per heavy atom. The third-order valence-corrected chi connectivity index (χ3v) is 5.88. The Kier molecular flexibility index (Phi) is 5.17. The van der Waals surface area contributed by atoms with E-state index < -0.39 is 10.0 Å². The van der Waals surface area contributed by atoms with Gasteiger partial charge >= 0.3 is 0 Å². The Labute approximate surface area is 121 Å². The van der Waals surface area contributed by atoms with Crippen molar-refractivity contribution < 1.29 is 8.42 Å². The van der Waals surface area contributed by atoms with E-state index in [2.05, 4.69) is 10.4 Å². The van der Waals surface area contributed by atoms with Crippen LogP contribution in [-0.4, -0.2) is 47.4 Å². The Bertz CT molecular complexity index is 518. The molecule has 0 spiro atoms. The average molecular weight is 300 g/mol. The summed E-state index contributed by atoms with van der Waals surface area (Å²) in [5, 5.41) is 7.62. The summed E-state index contributed by atoms with van der Waals surface area (Å²) in [7, 11) is -1.10. The maximum absolute atomic E-state index is 12.0. The highest BCUT2D eigenvalue weighted by molar-refractivity contribution is 7.89. The van der Waals surface area contributed by atoms with Crippen molar-refractivity contribution in [3.63, 3.8) is 0 Å². The fourth-order valence-corrected chi connectivity index (χ4v) is 4.09. The molecule has 114 valence electrons. The van der Waals surface area contributed by atoms with Crippen LogP contribution >= 0.6 is 0 Å². The average Bonchev–Trinajstić information content (AvgIpc) is 2.82. The van der Waals surface area contributed by atoms with Crippen molar-refractivity contribution in [1.82, 2.24) is 19.4 Å². The third kappa shape index (κ3) is 3.80. The van der Waals surface area contributed by atoms with Gasteiger partial charge in [-0.05, 0) is 25.3 Å². The molecule has 0 radical (unpaired) electrons. The molecule has 1 aromatic rings. The van der Waals surface area contributed by atoms with Gasteiger partial charge in [0.05, 0.1) is 11.4 Å². The summed E-state index contributed by atoms with van der Waals surface area (Å²) in [5.74, 6) is 0.264. The number of hydrogen-bond donors (Lipinski definition) is 1. The molecule has 6 nitrogen and oxygen atoms in total. The van der Waals surface area contributed by atoms with E-state index >= 15 is 0 Å². The van der Waals surface area contributed by atoms with E-state index in [0.717, 1.165) is 25.1 Å². The molecule has 0 saturated carbocycles. The van der Waals surface area contributed by atoms with Crippen molar-refractivity contribution >= 4 is 10.0 Å². The van der Waals surface area contributed by atoms with Gasteiger partial charge in [0.25, 0.3) is 0 Å². The van der Waals surface area contributed by atoms with Gasteiger partial charge in [0.1, 0.15) is 0 Å². The monoisotopic (exact) mass is 300 g/mol. The van der Waals surface area contributed by atoms with Gasteiger partial charge in [-0.3, -0.25) is 4.68 Å². The van der Waals surface area contributed by atoms with E-state index in [1.807, 2.05) is 24.7 Å². The Balaban J connectivity index is 1.79. The molecule has 0 amide bonds. The first-order valence-corrected chi connectivity index (χ1v) is 8.82. The zero-order valence-corrected chi connectivity index (χ0v) is 13.1. The van der Waals surface area contributed by atoms with Crippen molar-refractivity contribution in [2.75, 3.05) is 18.8 Å². The lowest BCUT2D eigenvalue weighted by Gasteiger charge is -2.31. The highest BCUT2D eigenvalue weighted by Gasteiger charge is 2.26. The number of sulfonamides is 1. The van der Waals surface area contributed by atoms with Crippen molar-refractivity contribution in [3.05, 3.63) is 18.0 Å². The Morgan fingerprint density at radius 2 is 2.10 bits per heavy atom. The van der Waals surface area contributed by atoms with Gasteiger partial charge in [-0.1, -0.05) is 6.92 Å². The molecule has 0 atom stereocenters. The van der Waals surface area contributed by atoms with E-state index in [4.69, 9.17) is 0 Å². The van der Waals surface area contributed by atoms with Crippen molar-refractivity contribution in [3.8, 4) is 0 Å². The molecule has 0 unspecified atom stereocenters. The van der Waals surface area contributed by atoms with Crippen molar-refractivity contribution in [2.24, 2.45) is 7.05 Å². The summed E-state index contributed by atoms with van der Waals surface area (Å²) in [6.45, 7) is 3.94. The third-order valence-electron chi connectivity index (χ3n) is 3.80. The van der Waals surface area contributed by atoms with E-state index in [9.17, 15) is 8.42 Å². The normalized spacial score (nSPS) is 18.5. The van der Waals surface area contributed by atoms with Crippen LogP contribution in [-0.2, 0) is 23.6 Å². The van der Waals surface area contributed by atoms with Gasteiger partial charge in [0.2, 0.25) is 10.0 Å². The number of rotatable bonds is 6. The molecular formula is C13H24N4O2S. The number of nitrogens with zero attached hydrogens (tertiary/aromatic N) is 3. The van der Waals surface area contributed by atoms with Crippen molar-refractivity contribution in [2.45, 2.75) is 38.8 Å². The van der Waals surface area contributed by atoms with Gasteiger partial charge in [-0.2, -0.15) is 5.10 Å². The summed E-state index contributed by atoms with van der Waals surface area (Å²) in [6, 6.07) is 2.38. The highest BCUT2D eigenvalue weighted by Crippen LogP contribution is 2.15.